The summed E-state index contributed by atoms with van der Waals surface area (Å²) in [6.45, 7) is 1.84. The Balaban J connectivity index is 1.35. The first kappa shape index (κ1) is 27.3. The van der Waals surface area contributed by atoms with E-state index in [1.165, 1.54) is 4.90 Å². The van der Waals surface area contributed by atoms with Crippen LogP contribution in [0, 0.1) is 0 Å². The second kappa shape index (κ2) is 12.3. The van der Waals surface area contributed by atoms with Gasteiger partial charge in [0.25, 0.3) is 11.8 Å². The second-order valence-corrected chi connectivity index (χ2v) is 9.42. The molecule has 0 saturated heterocycles. The molecule has 0 atom stereocenters. The summed E-state index contributed by atoms with van der Waals surface area (Å²) in [5, 5.41) is 2.92. The molecular weight excluding hydrogens is 518 g/mol. The number of anilines is 3. The third kappa shape index (κ3) is 6.01. The van der Waals surface area contributed by atoms with Gasteiger partial charge in [0, 0.05) is 29.8 Å². The van der Waals surface area contributed by atoms with E-state index in [0.29, 0.717) is 28.2 Å². The van der Waals surface area contributed by atoms with Crippen LogP contribution in [0.2, 0.25) is 0 Å². The molecule has 0 aromatic heterocycles. The molecule has 1 N–H and O–H groups in total. The predicted octanol–water partition coefficient (Wildman–Crippen LogP) is 5.55. The Hall–Kier alpha value is -5.24. The monoisotopic (exact) mass is 547 g/mol. The minimum absolute atomic E-state index is 0.0504. The molecule has 4 aromatic rings. The highest BCUT2D eigenvalue weighted by Gasteiger charge is 2.31. The SMILES string of the molecule is CCOC(=O)CN1C(=O)CCN(C(=O)c2ccc(NC(=O)c3ccccc3-c3ccccc3)cc2)c2ccccc21. The molecule has 0 bridgehead atoms. The molecule has 0 fully saturated rings. The van der Waals surface area contributed by atoms with Crippen molar-refractivity contribution in [3.8, 4) is 11.1 Å². The number of nitrogens with zero attached hydrogens (tertiary/aromatic N) is 2. The molecule has 0 radical (unpaired) electrons. The van der Waals surface area contributed by atoms with Gasteiger partial charge in [-0.05, 0) is 60.5 Å². The van der Waals surface area contributed by atoms with Crippen LogP contribution in [-0.4, -0.2) is 43.4 Å². The van der Waals surface area contributed by atoms with Gasteiger partial charge in [-0.25, -0.2) is 0 Å². The van der Waals surface area contributed by atoms with E-state index in [2.05, 4.69) is 5.32 Å². The zero-order valence-corrected chi connectivity index (χ0v) is 22.6. The molecule has 0 saturated carbocycles. The first-order chi connectivity index (χ1) is 20.0. The fourth-order valence-electron chi connectivity index (χ4n) is 4.84. The molecular formula is C33H29N3O5. The van der Waals surface area contributed by atoms with Crippen LogP contribution >= 0.6 is 0 Å². The van der Waals surface area contributed by atoms with E-state index in [9.17, 15) is 19.2 Å². The Bertz CT molecular complexity index is 1580. The van der Waals surface area contributed by atoms with E-state index in [1.807, 2.05) is 48.5 Å². The Morgan fingerprint density at radius 3 is 2.20 bits per heavy atom. The third-order valence-corrected chi connectivity index (χ3v) is 6.80. The van der Waals surface area contributed by atoms with E-state index < -0.39 is 5.97 Å². The number of fused-ring (bicyclic) bond motifs is 1. The number of rotatable bonds is 7. The molecule has 0 unspecified atom stereocenters. The lowest BCUT2D eigenvalue weighted by Gasteiger charge is -2.25. The van der Waals surface area contributed by atoms with Crippen LogP contribution < -0.4 is 15.1 Å². The first-order valence-corrected chi connectivity index (χ1v) is 13.4. The zero-order valence-electron chi connectivity index (χ0n) is 22.6. The van der Waals surface area contributed by atoms with Crippen molar-refractivity contribution >= 4 is 40.8 Å². The van der Waals surface area contributed by atoms with Gasteiger partial charge in [-0.15, -0.1) is 0 Å². The van der Waals surface area contributed by atoms with E-state index in [4.69, 9.17) is 4.74 Å². The maximum absolute atomic E-state index is 13.6. The van der Waals surface area contributed by atoms with Gasteiger partial charge >= 0.3 is 5.97 Å². The Kier molecular flexibility index (Phi) is 8.20. The number of carbonyl (C=O) groups is 4. The Labute approximate surface area is 238 Å². The van der Waals surface area contributed by atoms with Crippen molar-refractivity contribution in [1.29, 1.82) is 0 Å². The summed E-state index contributed by atoms with van der Waals surface area (Å²) in [6, 6.07) is 30.7. The number of nitrogens with one attached hydrogen (secondary N) is 1. The summed E-state index contributed by atoms with van der Waals surface area (Å²) in [6.07, 6.45) is 0.0504. The highest BCUT2D eigenvalue weighted by atomic mass is 16.5. The lowest BCUT2D eigenvalue weighted by atomic mass is 9.99. The van der Waals surface area contributed by atoms with Gasteiger partial charge in [-0.1, -0.05) is 60.7 Å². The summed E-state index contributed by atoms with van der Waals surface area (Å²) in [4.78, 5) is 54.8. The third-order valence-electron chi connectivity index (χ3n) is 6.80. The normalized spacial score (nSPS) is 12.8. The molecule has 1 aliphatic rings. The number of ether oxygens (including phenoxy) is 1. The molecule has 4 aromatic carbocycles. The molecule has 8 heteroatoms. The summed E-state index contributed by atoms with van der Waals surface area (Å²) in [7, 11) is 0. The average Bonchev–Trinajstić information content (AvgIpc) is 3.14. The number of hydrogen-bond acceptors (Lipinski definition) is 5. The molecule has 1 aliphatic heterocycles. The maximum Gasteiger partial charge on any atom is 0.326 e. The van der Waals surface area contributed by atoms with Gasteiger partial charge in [0.2, 0.25) is 5.91 Å². The van der Waals surface area contributed by atoms with Crippen LogP contribution in [-0.2, 0) is 14.3 Å². The standard InChI is InChI=1S/C33H29N3O5/c1-2-41-31(38)22-36-29-15-9-8-14-28(29)35(21-20-30(36)37)33(40)24-16-18-25(19-17-24)34-32(39)27-13-7-6-12-26(27)23-10-4-3-5-11-23/h3-19H,2,20-22H2,1H3,(H,34,39). The Morgan fingerprint density at radius 1 is 0.805 bits per heavy atom. The highest BCUT2D eigenvalue weighted by Crippen LogP contribution is 2.34. The van der Waals surface area contributed by atoms with Crippen molar-refractivity contribution in [2.24, 2.45) is 0 Å². The fraction of sp³-hybridized carbons (Fsp3) is 0.152. The smallest absolute Gasteiger partial charge is 0.326 e. The van der Waals surface area contributed by atoms with Gasteiger partial charge in [0.1, 0.15) is 6.54 Å². The molecule has 0 aliphatic carbocycles. The number of benzene rings is 4. The van der Waals surface area contributed by atoms with Crippen LogP contribution in [0.4, 0.5) is 17.1 Å². The van der Waals surface area contributed by atoms with Crippen LogP contribution in [0.25, 0.3) is 11.1 Å². The lowest BCUT2D eigenvalue weighted by molar-refractivity contribution is -0.142. The molecule has 0 spiro atoms. The first-order valence-electron chi connectivity index (χ1n) is 13.4. The van der Waals surface area contributed by atoms with Crippen molar-refractivity contribution in [2.45, 2.75) is 13.3 Å². The van der Waals surface area contributed by atoms with Gasteiger partial charge < -0.3 is 15.0 Å². The second-order valence-electron chi connectivity index (χ2n) is 9.42. The van der Waals surface area contributed by atoms with Gasteiger partial charge in [-0.3, -0.25) is 24.1 Å². The maximum atomic E-state index is 13.6. The molecule has 206 valence electrons. The molecule has 1 heterocycles. The number of carbonyl (C=O) groups excluding carboxylic acids is 4. The predicted molar refractivity (Wildman–Crippen MR) is 158 cm³/mol. The van der Waals surface area contributed by atoms with Gasteiger partial charge in [0.05, 0.1) is 18.0 Å². The number of para-hydroxylation sites is 2. The van der Waals surface area contributed by atoms with Crippen LogP contribution in [0.1, 0.15) is 34.1 Å². The average molecular weight is 548 g/mol. The van der Waals surface area contributed by atoms with E-state index >= 15 is 0 Å². The number of amides is 3. The van der Waals surface area contributed by atoms with Crippen LogP contribution in [0.15, 0.2) is 103 Å². The van der Waals surface area contributed by atoms with Crippen LogP contribution in [0.3, 0.4) is 0 Å². The van der Waals surface area contributed by atoms with E-state index in [1.54, 1.807) is 66.4 Å². The highest BCUT2D eigenvalue weighted by molar-refractivity contribution is 6.12. The molecule has 41 heavy (non-hydrogen) atoms. The molecule has 5 rings (SSSR count). The molecule has 8 nitrogen and oxygen atoms in total. The summed E-state index contributed by atoms with van der Waals surface area (Å²) >= 11 is 0. The van der Waals surface area contributed by atoms with Crippen molar-refractivity contribution in [3.05, 3.63) is 114 Å². The largest absolute Gasteiger partial charge is 0.465 e. The number of esters is 1. The minimum atomic E-state index is -0.514. The number of hydrogen-bond donors (Lipinski definition) is 1. The molecule has 3 amide bonds. The minimum Gasteiger partial charge on any atom is -0.465 e. The summed E-state index contributed by atoms with van der Waals surface area (Å²) < 4.78 is 5.04. The van der Waals surface area contributed by atoms with E-state index in [-0.39, 0.29) is 43.8 Å². The van der Waals surface area contributed by atoms with Crippen molar-refractivity contribution in [2.75, 3.05) is 34.8 Å². The quantitative estimate of drug-likeness (QED) is 0.306. The summed E-state index contributed by atoms with van der Waals surface area (Å²) in [5.41, 5.74) is 4.24. The van der Waals surface area contributed by atoms with Gasteiger partial charge in [0.15, 0.2) is 0 Å². The van der Waals surface area contributed by atoms with E-state index in [0.717, 1.165) is 11.1 Å². The zero-order chi connectivity index (χ0) is 28.8. The Morgan fingerprint density at radius 2 is 1.46 bits per heavy atom. The summed E-state index contributed by atoms with van der Waals surface area (Å²) in [5.74, 6) is -1.34. The van der Waals surface area contributed by atoms with Crippen molar-refractivity contribution in [3.63, 3.8) is 0 Å². The topological polar surface area (TPSA) is 96.0 Å². The van der Waals surface area contributed by atoms with Crippen LogP contribution in [0.5, 0.6) is 0 Å². The van der Waals surface area contributed by atoms with Crippen molar-refractivity contribution in [1.82, 2.24) is 0 Å². The fourth-order valence-corrected chi connectivity index (χ4v) is 4.84. The van der Waals surface area contributed by atoms with Crippen molar-refractivity contribution < 1.29 is 23.9 Å². The lowest BCUT2D eigenvalue weighted by Crippen LogP contribution is -2.36. The van der Waals surface area contributed by atoms with Gasteiger partial charge in [-0.2, -0.15) is 0 Å².